The van der Waals surface area contributed by atoms with Crippen LogP contribution in [0, 0.1) is 12.7 Å². The monoisotopic (exact) mass is 224 g/mol. The van der Waals surface area contributed by atoms with Crippen LogP contribution in [0.1, 0.15) is 40.7 Å². The van der Waals surface area contributed by atoms with Gasteiger partial charge in [0.15, 0.2) is 0 Å². The van der Waals surface area contributed by atoms with Gasteiger partial charge in [0.05, 0.1) is 5.56 Å². The maximum atomic E-state index is 13.4. The molecule has 0 radical (unpaired) electrons. The van der Waals surface area contributed by atoms with Crippen LogP contribution in [0.25, 0.3) is 0 Å². The molecule has 1 N–H and O–H groups in total. The average molecular weight is 224 g/mol. The SMILES string of the molecule is Cc1c(F)cc(C(C)CC=O)cc1C(=O)O. The first-order valence-corrected chi connectivity index (χ1v) is 4.94. The number of carbonyl (C=O) groups is 2. The smallest absolute Gasteiger partial charge is 0.336 e. The van der Waals surface area contributed by atoms with Crippen LogP contribution in [-0.4, -0.2) is 17.4 Å². The highest BCUT2D eigenvalue weighted by Crippen LogP contribution is 2.23. The molecule has 0 aromatic heterocycles. The number of aromatic carboxylic acids is 1. The molecule has 0 amide bonds. The van der Waals surface area contributed by atoms with E-state index in [0.29, 0.717) is 5.56 Å². The predicted octanol–water partition coefficient (Wildman–Crippen LogP) is 2.52. The Bertz CT molecular complexity index is 427. The number of carbonyl (C=O) groups excluding carboxylic acids is 1. The molecular formula is C12H13FO3. The minimum atomic E-state index is -1.16. The lowest BCUT2D eigenvalue weighted by Crippen LogP contribution is -2.05. The van der Waals surface area contributed by atoms with E-state index in [4.69, 9.17) is 5.11 Å². The summed E-state index contributed by atoms with van der Waals surface area (Å²) in [5.41, 5.74) is 0.606. The number of carboxylic acids is 1. The van der Waals surface area contributed by atoms with Crippen molar-refractivity contribution in [3.05, 3.63) is 34.6 Å². The first-order chi connectivity index (χ1) is 7.47. The summed E-state index contributed by atoms with van der Waals surface area (Å²) in [6.07, 6.45) is 0.991. The summed E-state index contributed by atoms with van der Waals surface area (Å²) >= 11 is 0. The van der Waals surface area contributed by atoms with E-state index in [2.05, 4.69) is 0 Å². The lowest BCUT2D eigenvalue weighted by Gasteiger charge is -2.11. The molecule has 0 spiro atoms. The van der Waals surface area contributed by atoms with Gasteiger partial charge in [0.25, 0.3) is 0 Å². The number of aldehydes is 1. The Morgan fingerprint density at radius 1 is 1.56 bits per heavy atom. The van der Waals surface area contributed by atoms with Crippen LogP contribution in [0.5, 0.6) is 0 Å². The second kappa shape index (κ2) is 4.88. The van der Waals surface area contributed by atoms with Gasteiger partial charge in [0.2, 0.25) is 0 Å². The largest absolute Gasteiger partial charge is 0.478 e. The summed E-state index contributed by atoms with van der Waals surface area (Å²) in [5.74, 6) is -1.88. The third kappa shape index (κ3) is 2.45. The summed E-state index contributed by atoms with van der Waals surface area (Å²) in [6.45, 7) is 3.18. The summed E-state index contributed by atoms with van der Waals surface area (Å²) in [6, 6.07) is 2.71. The molecule has 16 heavy (non-hydrogen) atoms. The van der Waals surface area contributed by atoms with Crippen LogP contribution in [0.3, 0.4) is 0 Å². The summed E-state index contributed by atoms with van der Waals surface area (Å²) in [5, 5.41) is 8.89. The van der Waals surface area contributed by atoms with Crippen LogP contribution in [0.4, 0.5) is 4.39 Å². The van der Waals surface area contributed by atoms with Crippen molar-refractivity contribution in [1.82, 2.24) is 0 Å². The molecule has 0 saturated heterocycles. The van der Waals surface area contributed by atoms with E-state index >= 15 is 0 Å². The molecule has 0 fully saturated rings. The van der Waals surface area contributed by atoms with E-state index < -0.39 is 11.8 Å². The van der Waals surface area contributed by atoms with E-state index in [1.807, 2.05) is 0 Å². The van der Waals surface area contributed by atoms with E-state index in [1.165, 1.54) is 19.1 Å². The molecule has 1 atom stereocenters. The van der Waals surface area contributed by atoms with Crippen LogP contribution in [0.15, 0.2) is 12.1 Å². The predicted molar refractivity (Wildman–Crippen MR) is 57.2 cm³/mol. The van der Waals surface area contributed by atoms with Gasteiger partial charge in [0, 0.05) is 6.42 Å². The van der Waals surface area contributed by atoms with Crippen LogP contribution in [-0.2, 0) is 4.79 Å². The van der Waals surface area contributed by atoms with Crippen LogP contribution in [0.2, 0.25) is 0 Å². The van der Waals surface area contributed by atoms with Crippen molar-refractivity contribution in [3.8, 4) is 0 Å². The molecule has 0 aliphatic carbocycles. The number of hydrogen-bond acceptors (Lipinski definition) is 2. The van der Waals surface area contributed by atoms with Crippen molar-refractivity contribution in [2.24, 2.45) is 0 Å². The zero-order valence-electron chi connectivity index (χ0n) is 9.16. The summed E-state index contributed by atoms with van der Waals surface area (Å²) < 4.78 is 13.4. The quantitative estimate of drug-likeness (QED) is 0.799. The Morgan fingerprint density at radius 3 is 2.69 bits per heavy atom. The van der Waals surface area contributed by atoms with Crippen molar-refractivity contribution in [2.75, 3.05) is 0 Å². The standard InChI is InChI=1S/C12H13FO3/c1-7(3-4-14)9-5-10(12(15)16)8(2)11(13)6-9/h4-7H,3H2,1-2H3,(H,15,16). The lowest BCUT2D eigenvalue weighted by atomic mass is 9.94. The van der Waals surface area contributed by atoms with Gasteiger partial charge in [-0.3, -0.25) is 0 Å². The fourth-order valence-electron chi connectivity index (χ4n) is 1.49. The Hall–Kier alpha value is -1.71. The number of carboxylic acid groups (broad SMARTS) is 1. The van der Waals surface area contributed by atoms with Gasteiger partial charge < -0.3 is 9.90 Å². The molecule has 1 unspecified atom stereocenters. The Morgan fingerprint density at radius 2 is 2.19 bits per heavy atom. The molecule has 0 bridgehead atoms. The first-order valence-electron chi connectivity index (χ1n) is 4.94. The Balaban J connectivity index is 3.23. The zero-order chi connectivity index (χ0) is 12.3. The molecule has 3 nitrogen and oxygen atoms in total. The van der Waals surface area contributed by atoms with E-state index in [9.17, 15) is 14.0 Å². The maximum Gasteiger partial charge on any atom is 0.336 e. The average Bonchev–Trinajstić information content (AvgIpc) is 2.21. The van der Waals surface area contributed by atoms with Crippen molar-refractivity contribution >= 4 is 12.3 Å². The minimum absolute atomic E-state index is 0.0484. The van der Waals surface area contributed by atoms with Crippen molar-refractivity contribution in [1.29, 1.82) is 0 Å². The Labute approximate surface area is 92.9 Å². The Kier molecular flexibility index (Phi) is 3.77. The van der Waals surface area contributed by atoms with Crippen LogP contribution >= 0.6 is 0 Å². The van der Waals surface area contributed by atoms with Crippen molar-refractivity contribution in [3.63, 3.8) is 0 Å². The third-order valence-corrected chi connectivity index (χ3v) is 2.62. The van der Waals surface area contributed by atoms with Gasteiger partial charge in [-0.25, -0.2) is 9.18 Å². The highest BCUT2D eigenvalue weighted by atomic mass is 19.1. The van der Waals surface area contributed by atoms with Gasteiger partial charge in [0.1, 0.15) is 12.1 Å². The highest BCUT2D eigenvalue weighted by Gasteiger charge is 2.15. The van der Waals surface area contributed by atoms with Gasteiger partial charge >= 0.3 is 5.97 Å². The molecule has 86 valence electrons. The number of rotatable bonds is 4. The fourth-order valence-corrected chi connectivity index (χ4v) is 1.49. The second-order valence-corrected chi connectivity index (χ2v) is 3.78. The first kappa shape index (κ1) is 12.4. The lowest BCUT2D eigenvalue weighted by molar-refractivity contribution is -0.108. The van der Waals surface area contributed by atoms with Gasteiger partial charge in [-0.1, -0.05) is 6.92 Å². The van der Waals surface area contributed by atoms with Crippen molar-refractivity contribution in [2.45, 2.75) is 26.2 Å². The third-order valence-electron chi connectivity index (χ3n) is 2.62. The molecule has 1 aromatic carbocycles. The summed E-state index contributed by atoms with van der Waals surface area (Å²) in [7, 11) is 0. The molecule has 1 aromatic rings. The maximum absolute atomic E-state index is 13.4. The van der Waals surface area contributed by atoms with Gasteiger partial charge in [-0.15, -0.1) is 0 Å². The molecule has 0 aliphatic rings. The van der Waals surface area contributed by atoms with E-state index in [-0.39, 0.29) is 23.5 Å². The highest BCUT2D eigenvalue weighted by molar-refractivity contribution is 5.89. The van der Waals surface area contributed by atoms with Gasteiger partial charge in [-0.2, -0.15) is 0 Å². The summed E-state index contributed by atoms with van der Waals surface area (Å²) in [4.78, 5) is 21.2. The van der Waals surface area contributed by atoms with Gasteiger partial charge in [-0.05, 0) is 36.1 Å². The topological polar surface area (TPSA) is 54.4 Å². The van der Waals surface area contributed by atoms with Crippen LogP contribution < -0.4 is 0 Å². The number of benzene rings is 1. The number of halogens is 1. The number of hydrogen-bond donors (Lipinski definition) is 1. The minimum Gasteiger partial charge on any atom is -0.478 e. The normalized spacial score (nSPS) is 12.2. The molecule has 0 aliphatic heterocycles. The fraction of sp³-hybridized carbons (Fsp3) is 0.333. The van der Waals surface area contributed by atoms with E-state index in [1.54, 1.807) is 6.92 Å². The molecule has 0 saturated carbocycles. The van der Waals surface area contributed by atoms with Crippen molar-refractivity contribution < 1.29 is 19.1 Å². The molecular weight excluding hydrogens is 211 g/mol. The molecule has 0 heterocycles. The molecule has 1 rings (SSSR count). The molecule has 4 heteroatoms. The van der Waals surface area contributed by atoms with E-state index in [0.717, 1.165) is 6.29 Å². The second-order valence-electron chi connectivity index (χ2n) is 3.78. The zero-order valence-corrected chi connectivity index (χ0v) is 9.16.